The highest BCUT2D eigenvalue weighted by Crippen LogP contribution is 2.35. The van der Waals surface area contributed by atoms with Crippen LogP contribution in [0.1, 0.15) is 39.3 Å². The van der Waals surface area contributed by atoms with Crippen molar-refractivity contribution in [3.63, 3.8) is 0 Å². The smallest absolute Gasteiger partial charge is 0.161 e. The van der Waals surface area contributed by atoms with Gasteiger partial charge in [-0.05, 0) is 29.5 Å². The fraction of sp³-hybridized carbons (Fsp3) is 0.625. The second-order valence-corrected chi connectivity index (χ2v) is 6.06. The van der Waals surface area contributed by atoms with E-state index in [4.69, 9.17) is 15.2 Å². The topological polar surface area (TPSA) is 44.5 Å². The molecular weight excluding hydrogens is 238 g/mol. The molecule has 2 rings (SSSR count). The lowest BCUT2D eigenvalue weighted by atomic mass is 9.86. The Balaban J connectivity index is 2.21. The summed E-state index contributed by atoms with van der Waals surface area (Å²) in [4.78, 5) is 0. The third-order valence-electron chi connectivity index (χ3n) is 4.02. The fourth-order valence-corrected chi connectivity index (χ4v) is 2.19. The zero-order valence-corrected chi connectivity index (χ0v) is 12.3. The standard InChI is InChI=1S/C16H25NO2/c1-10(2)12(4)16(17)13-5-6-14-15(7-13)19-9-11(3)8-18-14/h5-7,10-12,16H,8-9,17H2,1-4H3. The Morgan fingerprint density at radius 3 is 2.37 bits per heavy atom. The lowest BCUT2D eigenvalue weighted by Crippen LogP contribution is -2.23. The number of benzene rings is 1. The molecule has 19 heavy (non-hydrogen) atoms. The molecule has 2 N–H and O–H groups in total. The van der Waals surface area contributed by atoms with E-state index in [0.717, 1.165) is 17.1 Å². The predicted octanol–water partition coefficient (Wildman–Crippen LogP) is 3.39. The third-order valence-corrected chi connectivity index (χ3v) is 4.02. The molecule has 1 aliphatic rings. The first-order valence-corrected chi connectivity index (χ1v) is 7.14. The Morgan fingerprint density at radius 1 is 1.11 bits per heavy atom. The van der Waals surface area contributed by atoms with Crippen LogP contribution in [0.3, 0.4) is 0 Å². The number of hydrogen-bond donors (Lipinski definition) is 1. The van der Waals surface area contributed by atoms with Crippen molar-refractivity contribution in [2.75, 3.05) is 13.2 Å². The monoisotopic (exact) mass is 263 g/mol. The third kappa shape index (κ3) is 3.21. The SMILES string of the molecule is CC1COc2ccc(C(N)C(C)C(C)C)cc2OC1. The fourth-order valence-electron chi connectivity index (χ4n) is 2.19. The molecule has 3 unspecified atom stereocenters. The molecule has 3 nitrogen and oxygen atoms in total. The van der Waals surface area contributed by atoms with E-state index in [2.05, 4.69) is 33.8 Å². The minimum absolute atomic E-state index is 0.0366. The molecule has 3 heteroatoms. The number of hydrogen-bond acceptors (Lipinski definition) is 3. The first kappa shape index (κ1) is 14.2. The molecule has 106 valence electrons. The van der Waals surface area contributed by atoms with Gasteiger partial charge in [0.1, 0.15) is 0 Å². The maximum absolute atomic E-state index is 6.34. The Bertz CT molecular complexity index is 431. The van der Waals surface area contributed by atoms with E-state index in [9.17, 15) is 0 Å². The average molecular weight is 263 g/mol. The minimum Gasteiger partial charge on any atom is -0.489 e. The largest absolute Gasteiger partial charge is 0.489 e. The second kappa shape index (κ2) is 5.83. The molecule has 0 fully saturated rings. The van der Waals surface area contributed by atoms with Gasteiger partial charge in [0, 0.05) is 12.0 Å². The summed E-state index contributed by atoms with van der Waals surface area (Å²) in [6, 6.07) is 6.11. The van der Waals surface area contributed by atoms with E-state index in [-0.39, 0.29) is 6.04 Å². The van der Waals surface area contributed by atoms with Crippen LogP contribution >= 0.6 is 0 Å². The summed E-state index contributed by atoms with van der Waals surface area (Å²) in [5.74, 6) is 3.07. The molecule has 1 aliphatic heterocycles. The van der Waals surface area contributed by atoms with Gasteiger partial charge in [-0.2, -0.15) is 0 Å². The van der Waals surface area contributed by atoms with Gasteiger partial charge >= 0.3 is 0 Å². The molecule has 0 saturated heterocycles. The van der Waals surface area contributed by atoms with E-state index in [1.165, 1.54) is 0 Å². The van der Waals surface area contributed by atoms with Crippen molar-refractivity contribution in [3.05, 3.63) is 23.8 Å². The van der Waals surface area contributed by atoms with Crippen LogP contribution in [0, 0.1) is 17.8 Å². The Kier molecular flexibility index (Phi) is 4.35. The van der Waals surface area contributed by atoms with Crippen molar-refractivity contribution < 1.29 is 9.47 Å². The van der Waals surface area contributed by atoms with Crippen LogP contribution in [0.2, 0.25) is 0 Å². The van der Waals surface area contributed by atoms with Gasteiger partial charge in [-0.3, -0.25) is 0 Å². The Morgan fingerprint density at radius 2 is 1.74 bits per heavy atom. The normalized spacial score (nSPS) is 21.9. The molecular formula is C16H25NO2. The summed E-state index contributed by atoms with van der Waals surface area (Å²) in [6.07, 6.45) is 0. The molecule has 0 spiro atoms. The average Bonchev–Trinajstić information content (AvgIpc) is 2.59. The van der Waals surface area contributed by atoms with E-state index in [1.807, 2.05) is 12.1 Å². The van der Waals surface area contributed by atoms with Crippen molar-refractivity contribution >= 4 is 0 Å². The highest BCUT2D eigenvalue weighted by atomic mass is 16.5. The van der Waals surface area contributed by atoms with Gasteiger partial charge in [-0.25, -0.2) is 0 Å². The van der Waals surface area contributed by atoms with Gasteiger partial charge < -0.3 is 15.2 Å². The van der Waals surface area contributed by atoms with Gasteiger partial charge in [0.2, 0.25) is 0 Å². The highest BCUT2D eigenvalue weighted by molar-refractivity contribution is 5.44. The lowest BCUT2D eigenvalue weighted by Gasteiger charge is -2.24. The molecule has 0 amide bonds. The summed E-state index contributed by atoms with van der Waals surface area (Å²) < 4.78 is 11.5. The number of nitrogens with two attached hydrogens (primary N) is 1. The van der Waals surface area contributed by atoms with Crippen LogP contribution in [-0.2, 0) is 0 Å². The van der Waals surface area contributed by atoms with E-state index >= 15 is 0 Å². The Hall–Kier alpha value is -1.22. The van der Waals surface area contributed by atoms with Gasteiger partial charge in [-0.1, -0.05) is 33.8 Å². The molecule has 1 aromatic rings. The van der Waals surface area contributed by atoms with Gasteiger partial charge in [0.15, 0.2) is 11.5 Å². The quantitative estimate of drug-likeness (QED) is 0.909. The van der Waals surface area contributed by atoms with Crippen LogP contribution < -0.4 is 15.2 Å². The summed E-state index contributed by atoms with van der Waals surface area (Å²) in [5.41, 5.74) is 7.47. The van der Waals surface area contributed by atoms with Crippen molar-refractivity contribution in [2.24, 2.45) is 23.5 Å². The summed E-state index contributed by atoms with van der Waals surface area (Å²) in [7, 11) is 0. The van der Waals surface area contributed by atoms with Crippen molar-refractivity contribution in [1.82, 2.24) is 0 Å². The van der Waals surface area contributed by atoms with Gasteiger partial charge in [-0.15, -0.1) is 0 Å². The van der Waals surface area contributed by atoms with Crippen LogP contribution in [-0.4, -0.2) is 13.2 Å². The number of ether oxygens (including phenoxy) is 2. The summed E-state index contributed by atoms with van der Waals surface area (Å²) >= 11 is 0. The van der Waals surface area contributed by atoms with Crippen molar-refractivity contribution in [3.8, 4) is 11.5 Å². The highest BCUT2D eigenvalue weighted by Gasteiger charge is 2.21. The maximum Gasteiger partial charge on any atom is 0.161 e. The van der Waals surface area contributed by atoms with Crippen molar-refractivity contribution in [2.45, 2.75) is 33.7 Å². The first-order chi connectivity index (χ1) is 8.99. The first-order valence-electron chi connectivity index (χ1n) is 7.14. The minimum atomic E-state index is 0.0366. The molecule has 1 heterocycles. The molecule has 0 bridgehead atoms. The van der Waals surface area contributed by atoms with Crippen LogP contribution in [0.25, 0.3) is 0 Å². The summed E-state index contributed by atoms with van der Waals surface area (Å²) in [6.45, 7) is 10.1. The molecule has 0 radical (unpaired) electrons. The number of fused-ring (bicyclic) bond motifs is 1. The van der Waals surface area contributed by atoms with Crippen molar-refractivity contribution in [1.29, 1.82) is 0 Å². The second-order valence-electron chi connectivity index (χ2n) is 6.06. The molecule has 1 aromatic carbocycles. The maximum atomic E-state index is 6.34. The van der Waals surface area contributed by atoms with E-state index < -0.39 is 0 Å². The van der Waals surface area contributed by atoms with E-state index in [0.29, 0.717) is 31.0 Å². The molecule has 0 saturated carbocycles. The van der Waals surface area contributed by atoms with Gasteiger partial charge in [0.05, 0.1) is 13.2 Å². The molecule has 3 atom stereocenters. The summed E-state index contributed by atoms with van der Waals surface area (Å²) in [5, 5.41) is 0. The molecule has 0 aliphatic carbocycles. The zero-order valence-electron chi connectivity index (χ0n) is 12.3. The van der Waals surface area contributed by atoms with E-state index in [1.54, 1.807) is 0 Å². The van der Waals surface area contributed by atoms with Crippen LogP contribution in [0.5, 0.6) is 11.5 Å². The van der Waals surface area contributed by atoms with Gasteiger partial charge in [0.25, 0.3) is 0 Å². The molecule has 0 aromatic heterocycles. The zero-order chi connectivity index (χ0) is 14.0. The Labute approximate surface area is 116 Å². The van der Waals surface area contributed by atoms with Crippen LogP contribution in [0.15, 0.2) is 18.2 Å². The predicted molar refractivity (Wildman–Crippen MR) is 77.5 cm³/mol. The lowest BCUT2D eigenvalue weighted by molar-refractivity contribution is 0.228. The van der Waals surface area contributed by atoms with Crippen LogP contribution in [0.4, 0.5) is 0 Å². The number of rotatable bonds is 3.